The number of aryl methyl sites for hydroxylation is 1. The third-order valence-electron chi connectivity index (χ3n) is 5.53. The molecule has 1 aromatic carbocycles. The molecule has 0 atom stereocenters. The van der Waals surface area contributed by atoms with Crippen LogP contribution in [0.2, 0.25) is 0 Å². The summed E-state index contributed by atoms with van der Waals surface area (Å²) in [5.74, 6) is 0.366. The molecule has 0 bridgehead atoms. The highest BCUT2D eigenvalue weighted by molar-refractivity contribution is 7.46. The zero-order chi connectivity index (χ0) is 21.4. The molecular formula is C24H43O4P. The van der Waals surface area contributed by atoms with Gasteiger partial charge in [-0.15, -0.1) is 0 Å². The van der Waals surface area contributed by atoms with Crippen LogP contribution in [-0.2, 0) is 17.4 Å². The van der Waals surface area contributed by atoms with Crippen LogP contribution in [0.1, 0.15) is 115 Å². The lowest BCUT2D eigenvalue weighted by Gasteiger charge is -2.16. The van der Waals surface area contributed by atoms with Gasteiger partial charge in [0.25, 0.3) is 0 Å². The van der Waals surface area contributed by atoms with E-state index >= 15 is 0 Å². The van der Waals surface area contributed by atoms with E-state index in [9.17, 15) is 14.4 Å². The molecule has 29 heavy (non-hydrogen) atoms. The van der Waals surface area contributed by atoms with Gasteiger partial charge in [-0.25, -0.2) is 4.57 Å². The monoisotopic (exact) mass is 426 g/mol. The molecule has 0 heterocycles. The predicted molar refractivity (Wildman–Crippen MR) is 123 cm³/mol. The molecule has 4 nitrogen and oxygen atoms in total. The van der Waals surface area contributed by atoms with Crippen LogP contribution >= 0.6 is 7.82 Å². The van der Waals surface area contributed by atoms with Crippen LogP contribution in [0.5, 0.6) is 5.75 Å². The van der Waals surface area contributed by atoms with E-state index in [1.54, 1.807) is 6.07 Å². The smallest absolute Gasteiger partial charge is 0.404 e. The third kappa shape index (κ3) is 13.2. The Labute approximate surface area is 178 Å². The van der Waals surface area contributed by atoms with Crippen LogP contribution in [0.25, 0.3) is 0 Å². The lowest BCUT2D eigenvalue weighted by Crippen LogP contribution is -2.01. The number of unbranched alkanes of at least 4 members (excludes halogenated alkanes) is 12. The molecule has 0 amide bonds. The number of phosphoric ester groups is 1. The molecule has 0 unspecified atom stereocenters. The van der Waals surface area contributed by atoms with Crippen molar-refractivity contribution in [3.8, 4) is 5.75 Å². The fourth-order valence-electron chi connectivity index (χ4n) is 3.87. The molecule has 1 rings (SSSR count). The molecule has 2 N–H and O–H groups in total. The molecule has 0 saturated heterocycles. The van der Waals surface area contributed by atoms with Gasteiger partial charge in [0.15, 0.2) is 0 Å². The maximum atomic E-state index is 11.4. The summed E-state index contributed by atoms with van der Waals surface area (Å²) in [6.07, 6.45) is 19.2. The van der Waals surface area contributed by atoms with Gasteiger partial charge in [-0.05, 0) is 42.9 Å². The van der Waals surface area contributed by atoms with Gasteiger partial charge in [-0.2, -0.15) is 0 Å². The summed E-state index contributed by atoms with van der Waals surface area (Å²) in [4.78, 5) is 18.6. The van der Waals surface area contributed by atoms with Gasteiger partial charge in [0, 0.05) is 0 Å². The Bertz CT molecular complexity index is 582. The Balaban J connectivity index is 2.58. The average Bonchev–Trinajstić information content (AvgIpc) is 2.67. The lowest BCUT2D eigenvalue weighted by atomic mass is 9.95. The van der Waals surface area contributed by atoms with Crippen molar-refractivity contribution < 1.29 is 18.9 Å². The zero-order valence-corrected chi connectivity index (χ0v) is 19.6. The minimum atomic E-state index is -4.54. The summed E-state index contributed by atoms with van der Waals surface area (Å²) in [5, 5.41) is 0. The quantitative estimate of drug-likeness (QED) is 0.186. The number of hydrogen-bond donors (Lipinski definition) is 2. The number of benzene rings is 1. The minimum Gasteiger partial charge on any atom is -0.404 e. The molecule has 0 saturated carbocycles. The second-order valence-electron chi connectivity index (χ2n) is 8.22. The van der Waals surface area contributed by atoms with E-state index in [1.165, 1.54) is 76.2 Å². The first-order chi connectivity index (χ1) is 14.0. The van der Waals surface area contributed by atoms with Crippen molar-refractivity contribution in [3.05, 3.63) is 29.3 Å². The van der Waals surface area contributed by atoms with Gasteiger partial charge in [-0.3, -0.25) is 9.79 Å². The highest BCUT2D eigenvalue weighted by atomic mass is 31.2. The van der Waals surface area contributed by atoms with Crippen LogP contribution < -0.4 is 4.52 Å². The van der Waals surface area contributed by atoms with Crippen LogP contribution in [0.15, 0.2) is 18.2 Å². The summed E-state index contributed by atoms with van der Waals surface area (Å²) >= 11 is 0. The average molecular weight is 427 g/mol. The van der Waals surface area contributed by atoms with Crippen molar-refractivity contribution in [2.75, 3.05) is 0 Å². The molecule has 0 radical (unpaired) electrons. The minimum absolute atomic E-state index is 0.366. The van der Waals surface area contributed by atoms with Gasteiger partial charge in [-0.1, -0.05) is 103 Å². The van der Waals surface area contributed by atoms with Crippen molar-refractivity contribution in [1.82, 2.24) is 0 Å². The first kappa shape index (κ1) is 26.2. The van der Waals surface area contributed by atoms with Crippen LogP contribution in [0, 0.1) is 0 Å². The summed E-state index contributed by atoms with van der Waals surface area (Å²) in [5.41, 5.74) is 2.19. The number of phosphoric acid groups is 1. The first-order valence-electron chi connectivity index (χ1n) is 11.8. The van der Waals surface area contributed by atoms with E-state index < -0.39 is 7.82 Å². The van der Waals surface area contributed by atoms with Crippen molar-refractivity contribution in [1.29, 1.82) is 0 Å². The summed E-state index contributed by atoms with van der Waals surface area (Å²) < 4.78 is 16.4. The predicted octanol–water partition coefficient (Wildman–Crippen LogP) is 7.74. The molecule has 0 aromatic heterocycles. The van der Waals surface area contributed by atoms with Crippen molar-refractivity contribution in [2.24, 2.45) is 0 Å². The molecule has 168 valence electrons. The maximum Gasteiger partial charge on any atom is 0.524 e. The topological polar surface area (TPSA) is 66.8 Å². The van der Waals surface area contributed by atoms with E-state index in [0.29, 0.717) is 5.75 Å². The summed E-state index contributed by atoms with van der Waals surface area (Å²) in [7, 11) is -4.54. The Morgan fingerprint density at radius 3 is 1.72 bits per heavy atom. The van der Waals surface area contributed by atoms with Crippen molar-refractivity contribution >= 4 is 7.82 Å². The lowest BCUT2D eigenvalue weighted by molar-refractivity contribution is 0.282. The van der Waals surface area contributed by atoms with Crippen LogP contribution in [0.3, 0.4) is 0 Å². The molecular weight excluding hydrogens is 383 g/mol. The summed E-state index contributed by atoms with van der Waals surface area (Å²) in [6, 6.07) is 5.65. The Morgan fingerprint density at radius 2 is 1.21 bits per heavy atom. The Kier molecular flexibility index (Phi) is 14.4. The molecule has 0 aliphatic carbocycles. The molecule has 5 heteroatoms. The normalized spacial score (nSPS) is 11.7. The van der Waals surface area contributed by atoms with E-state index in [0.717, 1.165) is 37.7 Å². The molecule has 0 fully saturated rings. The van der Waals surface area contributed by atoms with Crippen LogP contribution in [-0.4, -0.2) is 9.79 Å². The van der Waals surface area contributed by atoms with Gasteiger partial charge in [0.2, 0.25) is 0 Å². The highest BCUT2D eigenvalue weighted by Crippen LogP contribution is 2.40. The number of rotatable bonds is 18. The molecule has 0 aliphatic rings. The second kappa shape index (κ2) is 15.9. The Morgan fingerprint density at radius 1 is 0.724 bits per heavy atom. The van der Waals surface area contributed by atoms with Crippen LogP contribution in [0.4, 0.5) is 0 Å². The highest BCUT2D eigenvalue weighted by Gasteiger charge is 2.19. The fraction of sp³-hybridized carbons (Fsp3) is 0.750. The second-order valence-corrected chi connectivity index (χ2v) is 9.38. The zero-order valence-electron chi connectivity index (χ0n) is 18.7. The fourth-order valence-corrected chi connectivity index (χ4v) is 4.30. The number of hydrogen-bond acceptors (Lipinski definition) is 2. The van der Waals surface area contributed by atoms with E-state index in [-0.39, 0.29) is 0 Å². The molecule has 0 spiro atoms. The van der Waals surface area contributed by atoms with E-state index in [4.69, 9.17) is 4.52 Å². The van der Waals surface area contributed by atoms with Crippen molar-refractivity contribution in [3.63, 3.8) is 0 Å². The Hall–Kier alpha value is -0.830. The third-order valence-corrected chi connectivity index (χ3v) is 5.96. The first-order valence-corrected chi connectivity index (χ1v) is 13.4. The van der Waals surface area contributed by atoms with Gasteiger partial charge < -0.3 is 4.52 Å². The maximum absolute atomic E-state index is 11.4. The summed E-state index contributed by atoms with van der Waals surface area (Å²) in [6.45, 7) is 4.46. The SMILES string of the molecule is CCCCCCCCCc1cccc(OP(=O)(O)O)c1CCCCCCCCC. The van der Waals surface area contributed by atoms with E-state index in [2.05, 4.69) is 19.9 Å². The molecule has 0 aliphatic heterocycles. The standard InChI is InChI=1S/C24H43O4P/c1-3-5-7-9-11-13-15-18-22-19-17-21-24(28-29(25,26)27)23(22)20-16-14-12-10-8-6-4-2/h17,19,21H,3-16,18,20H2,1-2H3,(H2,25,26,27). The van der Waals surface area contributed by atoms with Gasteiger partial charge in [0.1, 0.15) is 5.75 Å². The van der Waals surface area contributed by atoms with Gasteiger partial charge >= 0.3 is 7.82 Å². The van der Waals surface area contributed by atoms with Crippen molar-refractivity contribution in [2.45, 2.75) is 117 Å². The molecule has 1 aromatic rings. The largest absolute Gasteiger partial charge is 0.524 e. The van der Waals surface area contributed by atoms with Gasteiger partial charge in [0.05, 0.1) is 0 Å². The van der Waals surface area contributed by atoms with E-state index in [1.807, 2.05) is 6.07 Å².